The van der Waals surface area contributed by atoms with Crippen LogP contribution in [-0.4, -0.2) is 53.4 Å². The van der Waals surface area contributed by atoms with Crippen molar-refractivity contribution in [2.24, 2.45) is 0 Å². The molecular weight excluding hydrogens is 336 g/mol. The number of hydrogen-bond donors (Lipinski definition) is 2. The summed E-state index contributed by atoms with van der Waals surface area (Å²) in [6.45, 7) is 4.31. The zero-order chi connectivity index (χ0) is 18.6. The summed E-state index contributed by atoms with van der Waals surface area (Å²) in [6, 6.07) is 17.8. The second-order valence-electron chi connectivity index (χ2n) is 6.97. The van der Waals surface area contributed by atoms with E-state index in [4.69, 9.17) is 0 Å². The zero-order valence-electron chi connectivity index (χ0n) is 15.5. The monoisotopic (exact) mass is 360 g/mol. The van der Waals surface area contributed by atoms with Gasteiger partial charge in [-0.2, -0.15) is 5.10 Å². The summed E-state index contributed by atoms with van der Waals surface area (Å²) in [4.78, 5) is 4.79. The number of hydrogen-bond acceptors (Lipinski definition) is 4. The summed E-state index contributed by atoms with van der Waals surface area (Å²) >= 11 is 0. The van der Waals surface area contributed by atoms with Gasteiger partial charge in [-0.1, -0.05) is 30.3 Å². The highest BCUT2D eigenvalue weighted by Crippen LogP contribution is 2.25. The van der Waals surface area contributed by atoms with E-state index in [1.165, 1.54) is 5.69 Å². The van der Waals surface area contributed by atoms with Crippen LogP contribution in [0.3, 0.4) is 0 Å². The quantitative estimate of drug-likeness (QED) is 0.745. The van der Waals surface area contributed by atoms with Crippen LogP contribution in [0.25, 0.3) is 23.4 Å². The Balaban J connectivity index is 1.49. The van der Waals surface area contributed by atoms with Crippen molar-refractivity contribution in [2.45, 2.75) is 0 Å². The molecule has 138 valence electrons. The summed E-state index contributed by atoms with van der Waals surface area (Å²) < 4.78 is 0. The van der Waals surface area contributed by atoms with E-state index in [1.54, 1.807) is 12.1 Å². The summed E-state index contributed by atoms with van der Waals surface area (Å²) in [5.41, 5.74) is 5.29. The third kappa shape index (κ3) is 4.20. The number of aromatic nitrogens is 2. The topological polar surface area (TPSA) is 55.4 Å². The standard InChI is InChI=1S/C22H24N4O/c1-25-11-13-26(14-12-25)20-4-2-3-18(15-20)22-16-19(23-24-22)8-5-17-6-9-21(27)10-7-17/h2-10,15-16,27H,11-14H2,1H3,(H,23,24). The molecule has 1 saturated heterocycles. The van der Waals surface area contributed by atoms with E-state index in [-0.39, 0.29) is 5.75 Å². The van der Waals surface area contributed by atoms with Gasteiger partial charge in [0.05, 0.1) is 11.4 Å². The van der Waals surface area contributed by atoms with Crippen LogP contribution in [0, 0.1) is 0 Å². The number of aromatic hydroxyl groups is 1. The highest BCUT2D eigenvalue weighted by molar-refractivity contribution is 5.72. The number of H-pyrrole nitrogens is 1. The average Bonchev–Trinajstić information content (AvgIpc) is 3.17. The molecule has 5 heteroatoms. The second kappa shape index (κ2) is 7.68. The van der Waals surface area contributed by atoms with Crippen LogP contribution >= 0.6 is 0 Å². The van der Waals surface area contributed by atoms with Crippen LogP contribution < -0.4 is 4.90 Å². The van der Waals surface area contributed by atoms with Crippen molar-refractivity contribution in [2.75, 3.05) is 38.1 Å². The Morgan fingerprint density at radius 3 is 2.52 bits per heavy atom. The molecule has 0 amide bonds. The van der Waals surface area contributed by atoms with Crippen LogP contribution in [0.4, 0.5) is 5.69 Å². The molecule has 3 aromatic rings. The second-order valence-corrected chi connectivity index (χ2v) is 6.97. The Labute approximate surface area is 159 Å². The van der Waals surface area contributed by atoms with Crippen molar-refractivity contribution in [1.29, 1.82) is 0 Å². The van der Waals surface area contributed by atoms with Crippen molar-refractivity contribution in [1.82, 2.24) is 15.1 Å². The van der Waals surface area contributed by atoms with E-state index < -0.39 is 0 Å². The molecule has 2 heterocycles. The molecule has 0 atom stereocenters. The molecule has 1 aliphatic rings. The van der Waals surface area contributed by atoms with Crippen molar-refractivity contribution >= 4 is 17.8 Å². The maximum absolute atomic E-state index is 9.35. The molecule has 0 radical (unpaired) electrons. The van der Waals surface area contributed by atoms with Gasteiger partial charge in [0.15, 0.2) is 0 Å². The van der Waals surface area contributed by atoms with E-state index in [9.17, 15) is 5.11 Å². The first-order valence-electron chi connectivity index (χ1n) is 9.24. The van der Waals surface area contributed by atoms with Gasteiger partial charge in [-0.15, -0.1) is 0 Å². The van der Waals surface area contributed by atoms with E-state index in [0.717, 1.165) is 48.7 Å². The first-order chi connectivity index (χ1) is 13.2. The molecule has 1 fully saturated rings. The number of phenols is 1. The summed E-state index contributed by atoms with van der Waals surface area (Å²) in [7, 11) is 2.17. The maximum atomic E-state index is 9.35. The minimum absolute atomic E-state index is 0.274. The van der Waals surface area contributed by atoms with Gasteiger partial charge in [0.2, 0.25) is 0 Å². The van der Waals surface area contributed by atoms with Gasteiger partial charge in [0, 0.05) is 37.4 Å². The molecule has 27 heavy (non-hydrogen) atoms. The number of piperazine rings is 1. The first-order valence-corrected chi connectivity index (χ1v) is 9.24. The summed E-state index contributed by atoms with van der Waals surface area (Å²) in [6.07, 6.45) is 3.99. The van der Waals surface area contributed by atoms with Gasteiger partial charge in [-0.05, 0) is 49.0 Å². The van der Waals surface area contributed by atoms with Crippen LogP contribution in [0.15, 0.2) is 54.6 Å². The van der Waals surface area contributed by atoms with E-state index in [0.29, 0.717) is 0 Å². The minimum atomic E-state index is 0.274. The lowest BCUT2D eigenvalue weighted by molar-refractivity contribution is 0.313. The third-order valence-corrected chi connectivity index (χ3v) is 4.96. The van der Waals surface area contributed by atoms with E-state index in [1.807, 2.05) is 24.3 Å². The molecule has 0 aliphatic carbocycles. The van der Waals surface area contributed by atoms with Crippen molar-refractivity contribution in [3.05, 3.63) is 65.9 Å². The number of nitrogens with one attached hydrogen (secondary N) is 1. The molecule has 1 aromatic heterocycles. The first kappa shape index (κ1) is 17.4. The number of phenolic OH excluding ortho intramolecular Hbond substituents is 1. The molecule has 0 spiro atoms. The van der Waals surface area contributed by atoms with Crippen LogP contribution in [0.5, 0.6) is 5.75 Å². The fourth-order valence-corrected chi connectivity index (χ4v) is 3.27. The van der Waals surface area contributed by atoms with Crippen LogP contribution in [0.1, 0.15) is 11.3 Å². The van der Waals surface area contributed by atoms with Gasteiger partial charge < -0.3 is 14.9 Å². The number of nitrogens with zero attached hydrogens (tertiary/aromatic N) is 3. The Morgan fingerprint density at radius 1 is 0.963 bits per heavy atom. The number of rotatable bonds is 4. The lowest BCUT2D eigenvalue weighted by Crippen LogP contribution is -2.44. The smallest absolute Gasteiger partial charge is 0.115 e. The van der Waals surface area contributed by atoms with Crippen molar-refractivity contribution < 1.29 is 5.11 Å². The molecule has 0 bridgehead atoms. The predicted octanol–water partition coefficient (Wildman–Crippen LogP) is 3.70. The highest BCUT2D eigenvalue weighted by Gasteiger charge is 2.15. The largest absolute Gasteiger partial charge is 0.508 e. The Kier molecular flexibility index (Phi) is 4.94. The molecule has 1 aliphatic heterocycles. The van der Waals surface area contributed by atoms with Gasteiger partial charge in [-0.25, -0.2) is 0 Å². The van der Waals surface area contributed by atoms with Crippen molar-refractivity contribution in [3.63, 3.8) is 0 Å². The van der Waals surface area contributed by atoms with Crippen LogP contribution in [0.2, 0.25) is 0 Å². The van der Waals surface area contributed by atoms with Crippen molar-refractivity contribution in [3.8, 4) is 17.0 Å². The summed E-state index contributed by atoms with van der Waals surface area (Å²) in [5.74, 6) is 0.274. The predicted molar refractivity (Wildman–Crippen MR) is 111 cm³/mol. The number of anilines is 1. The lowest BCUT2D eigenvalue weighted by Gasteiger charge is -2.34. The van der Waals surface area contributed by atoms with E-state index in [2.05, 4.69) is 57.4 Å². The van der Waals surface area contributed by atoms with Gasteiger partial charge >= 0.3 is 0 Å². The fourth-order valence-electron chi connectivity index (χ4n) is 3.27. The number of likely N-dealkylation sites (N-methyl/N-ethyl adjacent to an activating group) is 1. The number of aromatic amines is 1. The van der Waals surface area contributed by atoms with Gasteiger partial charge in [0.25, 0.3) is 0 Å². The Bertz CT molecular complexity index is 921. The molecular formula is C22H24N4O. The highest BCUT2D eigenvalue weighted by atomic mass is 16.3. The molecule has 0 unspecified atom stereocenters. The molecule has 5 nitrogen and oxygen atoms in total. The van der Waals surface area contributed by atoms with Gasteiger partial charge in [-0.3, -0.25) is 5.10 Å². The zero-order valence-corrected chi connectivity index (χ0v) is 15.5. The minimum Gasteiger partial charge on any atom is -0.508 e. The third-order valence-electron chi connectivity index (χ3n) is 4.96. The molecule has 4 rings (SSSR count). The summed E-state index contributed by atoms with van der Waals surface area (Å²) in [5, 5.41) is 16.9. The van der Waals surface area contributed by atoms with Crippen LogP contribution in [-0.2, 0) is 0 Å². The Morgan fingerprint density at radius 2 is 1.74 bits per heavy atom. The SMILES string of the molecule is CN1CCN(c2cccc(-c3cc(C=Cc4ccc(O)cc4)[nH]n3)c2)CC1. The fraction of sp³-hybridized carbons (Fsp3) is 0.227. The number of benzene rings is 2. The average molecular weight is 360 g/mol. The van der Waals surface area contributed by atoms with Gasteiger partial charge in [0.1, 0.15) is 5.75 Å². The Hall–Kier alpha value is -3.05. The molecule has 2 N–H and O–H groups in total. The van der Waals surface area contributed by atoms with E-state index >= 15 is 0 Å². The molecule has 0 saturated carbocycles. The lowest BCUT2D eigenvalue weighted by atomic mass is 10.1. The maximum Gasteiger partial charge on any atom is 0.115 e. The molecule has 2 aromatic carbocycles. The normalized spacial score (nSPS) is 15.5.